The molecule has 3 aromatic rings. The van der Waals surface area contributed by atoms with Gasteiger partial charge in [-0.1, -0.05) is 50.1 Å². The third kappa shape index (κ3) is 5.01. The maximum atomic E-state index is 13.7. The van der Waals surface area contributed by atoms with Crippen LogP contribution in [0, 0.1) is 5.92 Å². The molecule has 2 aromatic heterocycles. The van der Waals surface area contributed by atoms with Crippen LogP contribution in [-0.4, -0.2) is 44.3 Å². The van der Waals surface area contributed by atoms with Crippen molar-refractivity contribution in [1.29, 1.82) is 0 Å². The zero-order valence-electron chi connectivity index (χ0n) is 18.7. The van der Waals surface area contributed by atoms with Crippen LogP contribution in [0.1, 0.15) is 56.9 Å². The average Bonchev–Trinajstić information content (AvgIpc) is 3.54. The van der Waals surface area contributed by atoms with Gasteiger partial charge in [-0.2, -0.15) is 0 Å². The lowest BCUT2D eigenvalue weighted by atomic mass is 10.1. The number of thiophene rings is 1. The van der Waals surface area contributed by atoms with Crippen molar-refractivity contribution in [2.24, 2.45) is 5.92 Å². The number of nitrogens with zero attached hydrogens (tertiary/aromatic N) is 4. The number of hydrogen-bond acceptors (Lipinski definition) is 5. The Kier molecular flexibility index (Phi) is 7.19. The van der Waals surface area contributed by atoms with Gasteiger partial charge in [-0.05, 0) is 48.8 Å². The molecule has 8 heteroatoms. The molecule has 1 aromatic carbocycles. The SMILES string of the molecule is CC(C)CCNC(=O)[C@H](c1cccs1)N(C(=O)Cn1nnc2ccccc21)C1CCCC1. The van der Waals surface area contributed by atoms with Gasteiger partial charge in [-0.3, -0.25) is 9.59 Å². The summed E-state index contributed by atoms with van der Waals surface area (Å²) in [6.07, 6.45) is 4.90. The predicted molar refractivity (Wildman–Crippen MR) is 126 cm³/mol. The fourth-order valence-corrected chi connectivity index (χ4v) is 5.23. The van der Waals surface area contributed by atoms with Gasteiger partial charge < -0.3 is 10.2 Å². The number of carbonyl (C=O) groups excluding carboxylic acids is 2. The molecule has 1 saturated carbocycles. The van der Waals surface area contributed by atoms with Crippen LogP contribution in [0.3, 0.4) is 0 Å². The van der Waals surface area contributed by atoms with E-state index in [-0.39, 0.29) is 24.4 Å². The molecule has 1 atom stereocenters. The first-order valence-electron chi connectivity index (χ1n) is 11.4. The number of aromatic nitrogens is 3. The van der Waals surface area contributed by atoms with Crippen LogP contribution < -0.4 is 5.32 Å². The maximum absolute atomic E-state index is 13.7. The van der Waals surface area contributed by atoms with E-state index in [4.69, 9.17) is 0 Å². The molecule has 0 spiro atoms. The zero-order valence-corrected chi connectivity index (χ0v) is 19.6. The molecule has 2 heterocycles. The van der Waals surface area contributed by atoms with E-state index in [2.05, 4.69) is 29.5 Å². The molecular weight excluding hydrogens is 422 g/mol. The number of fused-ring (bicyclic) bond motifs is 1. The average molecular weight is 454 g/mol. The third-order valence-corrected chi connectivity index (χ3v) is 7.00. The second-order valence-electron chi connectivity index (χ2n) is 8.87. The molecule has 1 aliphatic carbocycles. The van der Waals surface area contributed by atoms with Crippen LogP contribution in [-0.2, 0) is 16.1 Å². The van der Waals surface area contributed by atoms with E-state index in [1.807, 2.05) is 46.7 Å². The van der Waals surface area contributed by atoms with Gasteiger partial charge in [-0.15, -0.1) is 16.4 Å². The van der Waals surface area contributed by atoms with Crippen LogP contribution in [0.25, 0.3) is 11.0 Å². The van der Waals surface area contributed by atoms with Crippen LogP contribution in [0.4, 0.5) is 0 Å². The summed E-state index contributed by atoms with van der Waals surface area (Å²) in [4.78, 5) is 29.9. The van der Waals surface area contributed by atoms with E-state index < -0.39 is 6.04 Å². The van der Waals surface area contributed by atoms with Gasteiger partial charge >= 0.3 is 0 Å². The zero-order chi connectivity index (χ0) is 22.5. The van der Waals surface area contributed by atoms with Crippen molar-refractivity contribution in [1.82, 2.24) is 25.2 Å². The molecule has 7 nitrogen and oxygen atoms in total. The quantitative estimate of drug-likeness (QED) is 0.527. The fraction of sp³-hybridized carbons (Fsp3) is 0.500. The number of carbonyl (C=O) groups is 2. The number of para-hydroxylation sites is 1. The standard InChI is InChI=1S/C24H31N5O2S/c1-17(2)13-14-25-24(31)23(21-12-7-15-32-21)29(18-8-3-4-9-18)22(30)16-28-20-11-6-5-10-19(20)26-27-28/h5-7,10-12,15,17-18,23H,3-4,8-9,13-14,16H2,1-2H3,(H,25,31)/t23-/m0/s1. The highest BCUT2D eigenvalue weighted by molar-refractivity contribution is 7.10. The van der Waals surface area contributed by atoms with E-state index in [1.165, 1.54) is 11.3 Å². The largest absolute Gasteiger partial charge is 0.354 e. The Morgan fingerprint density at radius 2 is 1.97 bits per heavy atom. The van der Waals surface area contributed by atoms with Gasteiger partial charge in [-0.25, -0.2) is 4.68 Å². The number of rotatable bonds is 9. The van der Waals surface area contributed by atoms with Crippen molar-refractivity contribution in [3.05, 3.63) is 46.7 Å². The second kappa shape index (κ2) is 10.3. The smallest absolute Gasteiger partial charge is 0.248 e. The summed E-state index contributed by atoms with van der Waals surface area (Å²) in [6, 6.07) is 11.0. The molecular formula is C24H31N5O2S. The van der Waals surface area contributed by atoms with Crippen LogP contribution in [0.5, 0.6) is 0 Å². The summed E-state index contributed by atoms with van der Waals surface area (Å²) in [5.74, 6) is 0.311. The minimum Gasteiger partial charge on any atom is -0.354 e. The van der Waals surface area contributed by atoms with Gasteiger partial charge in [0.1, 0.15) is 18.1 Å². The number of benzene rings is 1. The molecule has 170 valence electrons. The molecule has 0 aliphatic heterocycles. The third-order valence-electron chi connectivity index (χ3n) is 6.07. The molecule has 0 unspecified atom stereocenters. The van der Waals surface area contributed by atoms with Crippen molar-refractivity contribution in [2.45, 2.75) is 64.6 Å². The highest BCUT2D eigenvalue weighted by Crippen LogP contribution is 2.34. The lowest BCUT2D eigenvalue weighted by Gasteiger charge is -2.35. The van der Waals surface area contributed by atoms with Crippen LogP contribution >= 0.6 is 11.3 Å². The van der Waals surface area contributed by atoms with Gasteiger partial charge in [0.2, 0.25) is 11.8 Å². The minimum atomic E-state index is -0.618. The van der Waals surface area contributed by atoms with Crippen molar-refractivity contribution in [2.75, 3.05) is 6.54 Å². The monoisotopic (exact) mass is 453 g/mol. The minimum absolute atomic E-state index is 0.0558. The summed E-state index contributed by atoms with van der Waals surface area (Å²) >= 11 is 1.52. The lowest BCUT2D eigenvalue weighted by molar-refractivity contribution is -0.144. The first kappa shape index (κ1) is 22.5. The Morgan fingerprint density at radius 1 is 1.19 bits per heavy atom. The van der Waals surface area contributed by atoms with Crippen LogP contribution in [0.2, 0.25) is 0 Å². The van der Waals surface area contributed by atoms with Crippen molar-refractivity contribution in [3.8, 4) is 0 Å². The Morgan fingerprint density at radius 3 is 2.69 bits per heavy atom. The van der Waals surface area contributed by atoms with Gasteiger partial charge in [0.15, 0.2) is 0 Å². The predicted octanol–water partition coefficient (Wildman–Crippen LogP) is 4.17. The maximum Gasteiger partial charge on any atom is 0.248 e. The van der Waals surface area contributed by atoms with Crippen LogP contribution in [0.15, 0.2) is 41.8 Å². The lowest BCUT2D eigenvalue weighted by Crippen LogP contribution is -2.49. The first-order chi connectivity index (χ1) is 15.5. The fourth-order valence-electron chi connectivity index (χ4n) is 4.40. The highest BCUT2D eigenvalue weighted by Gasteiger charge is 2.38. The van der Waals surface area contributed by atoms with Crippen molar-refractivity contribution >= 4 is 34.2 Å². The van der Waals surface area contributed by atoms with E-state index in [0.717, 1.165) is 48.0 Å². The van der Waals surface area contributed by atoms with E-state index in [0.29, 0.717) is 12.5 Å². The topological polar surface area (TPSA) is 80.1 Å². The Hall–Kier alpha value is -2.74. The van der Waals surface area contributed by atoms with E-state index in [1.54, 1.807) is 4.68 Å². The highest BCUT2D eigenvalue weighted by atomic mass is 32.1. The summed E-state index contributed by atoms with van der Waals surface area (Å²) in [7, 11) is 0. The number of amides is 2. The molecule has 2 amide bonds. The number of nitrogens with one attached hydrogen (secondary N) is 1. The van der Waals surface area contributed by atoms with Crippen molar-refractivity contribution in [3.63, 3.8) is 0 Å². The van der Waals surface area contributed by atoms with Gasteiger partial charge in [0, 0.05) is 17.5 Å². The summed E-state index contributed by atoms with van der Waals surface area (Å²) in [5, 5.41) is 13.4. The Bertz CT molecular complexity index is 1040. The molecule has 0 radical (unpaired) electrons. The van der Waals surface area contributed by atoms with Crippen molar-refractivity contribution < 1.29 is 9.59 Å². The summed E-state index contributed by atoms with van der Waals surface area (Å²) < 4.78 is 1.64. The van der Waals surface area contributed by atoms with Gasteiger partial charge in [0.05, 0.1) is 5.52 Å². The molecule has 0 saturated heterocycles. The molecule has 4 rings (SSSR count). The molecule has 0 bridgehead atoms. The second-order valence-corrected chi connectivity index (χ2v) is 9.85. The molecule has 32 heavy (non-hydrogen) atoms. The molecule has 1 aliphatic rings. The number of hydrogen-bond donors (Lipinski definition) is 1. The summed E-state index contributed by atoms with van der Waals surface area (Å²) in [6.45, 7) is 4.95. The Balaban J connectivity index is 1.63. The summed E-state index contributed by atoms with van der Waals surface area (Å²) in [5.41, 5.74) is 1.58. The molecule has 1 fully saturated rings. The van der Waals surface area contributed by atoms with Gasteiger partial charge in [0.25, 0.3) is 0 Å². The molecule has 1 N–H and O–H groups in total. The first-order valence-corrected chi connectivity index (χ1v) is 12.3. The van der Waals surface area contributed by atoms with E-state index in [9.17, 15) is 9.59 Å². The normalized spacial score (nSPS) is 15.3. The Labute approximate surface area is 192 Å². The van der Waals surface area contributed by atoms with E-state index >= 15 is 0 Å².